The predicted octanol–water partition coefficient (Wildman–Crippen LogP) is 3.63. The number of rotatable bonds is 4. The molecule has 3 aromatic heterocycles. The van der Waals surface area contributed by atoms with Crippen LogP contribution in [-0.2, 0) is 6.42 Å². The molecule has 0 spiro atoms. The molecule has 0 fully saturated rings. The lowest BCUT2D eigenvalue weighted by atomic mass is 10.0. The molecule has 1 aromatic carbocycles. The molecule has 0 aliphatic heterocycles. The highest BCUT2D eigenvalue weighted by molar-refractivity contribution is 6.04. The number of aromatic amines is 1. The average molecular weight is 373 g/mol. The number of hydrogen-bond donors (Lipinski definition) is 1. The zero-order valence-corrected chi connectivity index (χ0v) is 14.2. The van der Waals surface area contributed by atoms with Crippen molar-refractivity contribution in [3.8, 4) is 11.1 Å². The second-order valence-electron chi connectivity index (χ2n) is 6.01. The molecule has 4 aromatic rings. The van der Waals surface area contributed by atoms with Crippen LogP contribution in [0.5, 0.6) is 0 Å². The number of hydrogen-bond acceptors (Lipinski definition) is 4. The van der Waals surface area contributed by atoms with Gasteiger partial charge in [-0.3, -0.25) is 14.5 Å². The van der Waals surface area contributed by atoms with E-state index >= 15 is 0 Å². The second kappa shape index (κ2) is 6.49. The van der Waals surface area contributed by atoms with Crippen LogP contribution >= 0.6 is 0 Å². The molecule has 0 radical (unpaired) electrons. The summed E-state index contributed by atoms with van der Waals surface area (Å²) in [5, 5.41) is 6.95. The van der Waals surface area contributed by atoms with E-state index in [1.807, 2.05) is 6.92 Å². The number of pyridine rings is 1. The van der Waals surface area contributed by atoms with Crippen molar-refractivity contribution in [2.45, 2.75) is 26.1 Å². The number of nitrogens with one attached hydrogen (secondary N) is 1. The first-order valence-electron chi connectivity index (χ1n) is 8.25. The number of H-pyrrole nitrogens is 1. The summed E-state index contributed by atoms with van der Waals surface area (Å²) in [6, 6.07) is 4.90. The predicted molar refractivity (Wildman–Crippen MR) is 94.4 cm³/mol. The highest BCUT2D eigenvalue weighted by atomic mass is 19.3. The van der Waals surface area contributed by atoms with Gasteiger partial charge in [0.1, 0.15) is 6.33 Å². The van der Waals surface area contributed by atoms with Crippen LogP contribution in [0.4, 0.5) is 13.2 Å². The van der Waals surface area contributed by atoms with Gasteiger partial charge in [-0.05, 0) is 18.1 Å². The van der Waals surface area contributed by atoms with Gasteiger partial charge in [0.05, 0.1) is 28.3 Å². The van der Waals surface area contributed by atoms with Gasteiger partial charge in [0.2, 0.25) is 6.30 Å². The fraction of sp³-hybridized carbons (Fsp3) is 0.222. The lowest BCUT2D eigenvalue weighted by Crippen LogP contribution is -2.27. The zero-order valence-electron chi connectivity index (χ0n) is 14.2. The Bertz CT molecular complexity index is 1200. The Morgan fingerprint density at radius 3 is 2.74 bits per heavy atom. The van der Waals surface area contributed by atoms with E-state index in [4.69, 9.17) is 0 Å². The molecule has 138 valence electrons. The third kappa shape index (κ3) is 2.66. The summed E-state index contributed by atoms with van der Waals surface area (Å²) >= 11 is 0. The fourth-order valence-corrected chi connectivity index (χ4v) is 3.24. The van der Waals surface area contributed by atoms with Gasteiger partial charge in [-0.15, -0.1) is 0 Å². The summed E-state index contributed by atoms with van der Waals surface area (Å²) in [6.45, 7) is 1.92. The molecule has 0 saturated heterocycles. The van der Waals surface area contributed by atoms with Crippen LogP contribution in [-0.4, -0.2) is 31.2 Å². The lowest BCUT2D eigenvalue weighted by molar-refractivity contribution is 0.00889. The Labute approximate surface area is 150 Å². The lowest BCUT2D eigenvalue weighted by Gasteiger charge is -2.16. The van der Waals surface area contributed by atoms with E-state index in [0.717, 1.165) is 5.69 Å². The van der Waals surface area contributed by atoms with Gasteiger partial charge < -0.3 is 0 Å². The maximum absolute atomic E-state index is 14.3. The van der Waals surface area contributed by atoms with Gasteiger partial charge in [-0.1, -0.05) is 19.1 Å². The van der Waals surface area contributed by atoms with Crippen molar-refractivity contribution in [2.24, 2.45) is 0 Å². The number of fused-ring (bicyclic) bond motifs is 3. The summed E-state index contributed by atoms with van der Waals surface area (Å²) in [5.74, 6) is 0. The molecule has 27 heavy (non-hydrogen) atoms. The molecule has 9 heteroatoms. The number of aromatic nitrogens is 5. The molecule has 1 unspecified atom stereocenters. The molecule has 1 atom stereocenters. The van der Waals surface area contributed by atoms with Gasteiger partial charge in [0.15, 0.2) is 0 Å². The standard InChI is InChI=1S/C18H14F3N5O/c1-2-13-11(6-22-8-23-13)9-3-4-10-14(5-9)26(17(21)16(19)20)18(27)12-7-24-25-15(10)12/h3-8,16-17H,2H2,1H3,(H,24,25). The van der Waals surface area contributed by atoms with Gasteiger partial charge in [-0.25, -0.2) is 23.1 Å². The molecular weight excluding hydrogens is 359 g/mol. The van der Waals surface area contributed by atoms with Crippen LogP contribution in [0, 0.1) is 0 Å². The summed E-state index contributed by atoms with van der Waals surface area (Å²) in [6.07, 6.45) is -1.26. The number of alkyl halides is 3. The SMILES string of the molecule is CCc1ncncc1-c1ccc2c3[nH]ncc3c(=O)n(C(F)C(F)F)c2c1. The molecule has 1 N–H and O–H groups in total. The van der Waals surface area contributed by atoms with Crippen LogP contribution in [0.1, 0.15) is 18.9 Å². The Hall–Kier alpha value is -3.23. The minimum atomic E-state index is -3.34. The van der Waals surface area contributed by atoms with Gasteiger partial charge >= 0.3 is 0 Å². The van der Waals surface area contributed by atoms with Crippen molar-refractivity contribution in [3.63, 3.8) is 0 Å². The van der Waals surface area contributed by atoms with Crippen molar-refractivity contribution >= 4 is 21.8 Å². The first kappa shape index (κ1) is 17.2. The van der Waals surface area contributed by atoms with Crippen molar-refractivity contribution in [1.29, 1.82) is 0 Å². The number of halogens is 3. The highest BCUT2D eigenvalue weighted by Gasteiger charge is 2.26. The minimum Gasteiger partial charge on any atom is -0.277 e. The van der Waals surface area contributed by atoms with E-state index in [0.29, 0.717) is 33.0 Å². The highest BCUT2D eigenvalue weighted by Crippen LogP contribution is 2.31. The maximum Gasteiger partial charge on any atom is 0.288 e. The molecule has 4 rings (SSSR count). The largest absolute Gasteiger partial charge is 0.288 e. The Morgan fingerprint density at radius 1 is 1.19 bits per heavy atom. The van der Waals surface area contributed by atoms with E-state index < -0.39 is 18.3 Å². The number of aryl methyl sites for hydroxylation is 1. The van der Waals surface area contributed by atoms with Crippen LogP contribution in [0.3, 0.4) is 0 Å². The summed E-state index contributed by atoms with van der Waals surface area (Å²) in [5.41, 5.74) is 1.61. The molecule has 0 saturated carbocycles. The first-order chi connectivity index (χ1) is 13.0. The van der Waals surface area contributed by atoms with Crippen molar-refractivity contribution in [2.75, 3.05) is 0 Å². The number of benzene rings is 1. The third-order valence-electron chi connectivity index (χ3n) is 4.51. The maximum atomic E-state index is 14.3. The fourth-order valence-electron chi connectivity index (χ4n) is 3.24. The van der Waals surface area contributed by atoms with E-state index in [2.05, 4.69) is 20.2 Å². The molecule has 6 nitrogen and oxygen atoms in total. The molecule has 0 aliphatic carbocycles. The van der Waals surface area contributed by atoms with Crippen molar-refractivity contribution in [1.82, 2.24) is 24.7 Å². The zero-order chi connectivity index (χ0) is 19.1. The second-order valence-corrected chi connectivity index (χ2v) is 6.01. The summed E-state index contributed by atoms with van der Waals surface area (Å²) in [7, 11) is 0. The average Bonchev–Trinajstić information content (AvgIpc) is 3.18. The van der Waals surface area contributed by atoms with E-state index in [-0.39, 0.29) is 10.9 Å². The van der Waals surface area contributed by atoms with Crippen LogP contribution in [0.2, 0.25) is 0 Å². The Kier molecular flexibility index (Phi) is 4.14. The van der Waals surface area contributed by atoms with Crippen molar-refractivity contribution < 1.29 is 13.2 Å². The van der Waals surface area contributed by atoms with E-state index in [1.165, 1.54) is 18.6 Å². The minimum absolute atomic E-state index is 0.0490. The Morgan fingerprint density at radius 2 is 2.00 bits per heavy atom. The van der Waals surface area contributed by atoms with Crippen LogP contribution in [0.15, 0.2) is 41.7 Å². The van der Waals surface area contributed by atoms with Crippen LogP contribution in [0.25, 0.3) is 32.9 Å². The normalized spacial score (nSPS) is 12.9. The summed E-state index contributed by atoms with van der Waals surface area (Å²) in [4.78, 5) is 20.8. The Balaban J connectivity index is 2.09. The van der Waals surface area contributed by atoms with E-state index in [9.17, 15) is 18.0 Å². The first-order valence-corrected chi connectivity index (χ1v) is 8.25. The van der Waals surface area contributed by atoms with Gasteiger partial charge in [0, 0.05) is 17.1 Å². The molecule has 0 amide bonds. The smallest absolute Gasteiger partial charge is 0.277 e. The van der Waals surface area contributed by atoms with E-state index in [1.54, 1.807) is 18.3 Å². The number of nitrogens with zero attached hydrogens (tertiary/aromatic N) is 4. The summed E-state index contributed by atoms with van der Waals surface area (Å²) < 4.78 is 41.0. The molecule has 0 bridgehead atoms. The van der Waals surface area contributed by atoms with Crippen LogP contribution < -0.4 is 5.56 Å². The topological polar surface area (TPSA) is 76.5 Å². The van der Waals surface area contributed by atoms with Gasteiger partial charge in [0.25, 0.3) is 12.0 Å². The van der Waals surface area contributed by atoms with Crippen molar-refractivity contribution in [3.05, 3.63) is 53.0 Å². The van der Waals surface area contributed by atoms with Gasteiger partial charge in [-0.2, -0.15) is 5.10 Å². The molecular formula is C18H14F3N5O. The monoisotopic (exact) mass is 373 g/mol. The molecule has 3 heterocycles. The molecule has 0 aliphatic rings. The quantitative estimate of drug-likeness (QED) is 0.593. The third-order valence-corrected chi connectivity index (χ3v) is 4.51.